The minimum Gasteiger partial charge on any atom is -0.245 e. The fourth-order valence-corrected chi connectivity index (χ4v) is 2.20. The van der Waals surface area contributed by atoms with Crippen molar-refractivity contribution >= 4 is 23.2 Å². The summed E-state index contributed by atoms with van der Waals surface area (Å²) in [6.07, 6.45) is 3.24. The van der Waals surface area contributed by atoms with Gasteiger partial charge in [-0.1, -0.05) is 23.2 Å². The van der Waals surface area contributed by atoms with Gasteiger partial charge < -0.3 is 0 Å². The van der Waals surface area contributed by atoms with Crippen LogP contribution in [0.25, 0.3) is 16.9 Å². The second-order valence-electron chi connectivity index (χ2n) is 4.09. The summed E-state index contributed by atoms with van der Waals surface area (Å²) >= 11 is 11.6. The van der Waals surface area contributed by atoms with E-state index in [4.69, 9.17) is 23.2 Å². The molecule has 0 unspecified atom stereocenters. The lowest BCUT2D eigenvalue weighted by Gasteiger charge is -2.08. The van der Waals surface area contributed by atoms with Gasteiger partial charge in [-0.25, -0.2) is 14.1 Å². The molecule has 0 radical (unpaired) electrons. The lowest BCUT2D eigenvalue weighted by atomic mass is 10.2. The Morgan fingerprint density at radius 1 is 1.00 bits per heavy atom. The highest BCUT2D eigenvalue weighted by Crippen LogP contribution is 2.25. The molecule has 0 N–H and O–H groups in total. The number of rotatable bonds is 2. The zero-order chi connectivity index (χ0) is 14.1. The molecular weight excluding hydrogens is 300 g/mol. The normalized spacial score (nSPS) is 10.8. The standard InChI is InChI=1S/C14H8Cl2FN3/c15-11-2-1-10(8-12(11)17)20-13(4-6-19-20)9-3-5-18-14(16)7-9/h1-8H. The molecule has 0 spiro atoms. The summed E-state index contributed by atoms with van der Waals surface area (Å²) in [5.74, 6) is -0.488. The molecule has 0 aliphatic heterocycles. The fraction of sp³-hybridized carbons (Fsp3) is 0. The average molecular weight is 308 g/mol. The second kappa shape index (κ2) is 5.23. The van der Waals surface area contributed by atoms with Crippen LogP contribution in [0.4, 0.5) is 4.39 Å². The first-order valence-corrected chi connectivity index (χ1v) is 6.52. The van der Waals surface area contributed by atoms with Crippen LogP contribution in [0.1, 0.15) is 0 Å². The molecule has 0 saturated carbocycles. The zero-order valence-electron chi connectivity index (χ0n) is 10.1. The SMILES string of the molecule is Fc1cc(-n2nccc2-c2ccnc(Cl)c2)ccc1Cl. The molecule has 0 aliphatic carbocycles. The fourth-order valence-electron chi connectivity index (χ4n) is 1.91. The first-order chi connectivity index (χ1) is 9.65. The van der Waals surface area contributed by atoms with Crippen LogP contribution in [-0.2, 0) is 0 Å². The van der Waals surface area contributed by atoms with Crippen molar-refractivity contribution in [1.82, 2.24) is 14.8 Å². The Bertz CT molecular complexity index is 771. The van der Waals surface area contributed by atoms with E-state index >= 15 is 0 Å². The highest BCUT2D eigenvalue weighted by molar-refractivity contribution is 6.30. The van der Waals surface area contributed by atoms with Crippen molar-refractivity contribution in [2.75, 3.05) is 0 Å². The Morgan fingerprint density at radius 3 is 2.60 bits per heavy atom. The highest BCUT2D eigenvalue weighted by atomic mass is 35.5. The highest BCUT2D eigenvalue weighted by Gasteiger charge is 2.10. The maximum atomic E-state index is 13.6. The van der Waals surface area contributed by atoms with Gasteiger partial charge in [0.1, 0.15) is 11.0 Å². The van der Waals surface area contributed by atoms with Gasteiger partial charge in [-0.2, -0.15) is 5.10 Å². The molecule has 2 aromatic heterocycles. The second-order valence-corrected chi connectivity index (χ2v) is 4.89. The molecule has 0 amide bonds. The van der Waals surface area contributed by atoms with E-state index in [1.165, 1.54) is 12.1 Å². The van der Waals surface area contributed by atoms with Crippen LogP contribution in [0.2, 0.25) is 10.2 Å². The molecule has 20 heavy (non-hydrogen) atoms. The molecule has 100 valence electrons. The van der Waals surface area contributed by atoms with Crippen LogP contribution in [-0.4, -0.2) is 14.8 Å². The van der Waals surface area contributed by atoms with E-state index in [2.05, 4.69) is 10.1 Å². The van der Waals surface area contributed by atoms with Crippen molar-refractivity contribution in [2.24, 2.45) is 0 Å². The number of nitrogens with zero attached hydrogens (tertiary/aromatic N) is 3. The maximum Gasteiger partial charge on any atom is 0.143 e. The van der Waals surface area contributed by atoms with Gasteiger partial charge in [0.2, 0.25) is 0 Å². The van der Waals surface area contributed by atoms with Gasteiger partial charge in [0.05, 0.1) is 22.6 Å². The van der Waals surface area contributed by atoms with Crippen LogP contribution in [0.15, 0.2) is 48.8 Å². The van der Waals surface area contributed by atoms with Crippen molar-refractivity contribution in [3.05, 3.63) is 64.8 Å². The van der Waals surface area contributed by atoms with Gasteiger partial charge in [-0.15, -0.1) is 0 Å². The van der Waals surface area contributed by atoms with Crippen LogP contribution in [0.5, 0.6) is 0 Å². The van der Waals surface area contributed by atoms with Gasteiger partial charge in [0, 0.05) is 17.8 Å². The summed E-state index contributed by atoms with van der Waals surface area (Å²) in [4.78, 5) is 3.94. The van der Waals surface area contributed by atoms with Crippen LogP contribution < -0.4 is 0 Å². The predicted octanol–water partition coefficient (Wildman–Crippen LogP) is 4.38. The summed E-state index contributed by atoms with van der Waals surface area (Å²) in [6.45, 7) is 0. The molecule has 6 heteroatoms. The lowest BCUT2D eigenvalue weighted by molar-refractivity contribution is 0.626. The number of pyridine rings is 1. The largest absolute Gasteiger partial charge is 0.245 e. The van der Waals surface area contributed by atoms with E-state index in [1.54, 1.807) is 29.2 Å². The maximum absolute atomic E-state index is 13.6. The Hall–Kier alpha value is -1.91. The summed E-state index contributed by atoms with van der Waals surface area (Å²) in [6, 6.07) is 9.88. The quantitative estimate of drug-likeness (QED) is 0.658. The van der Waals surface area contributed by atoms with Crippen molar-refractivity contribution in [3.8, 4) is 16.9 Å². The van der Waals surface area contributed by atoms with Gasteiger partial charge in [0.25, 0.3) is 0 Å². The average Bonchev–Trinajstić information content (AvgIpc) is 2.91. The predicted molar refractivity (Wildman–Crippen MR) is 76.8 cm³/mol. The summed E-state index contributed by atoms with van der Waals surface area (Å²) < 4.78 is 15.2. The Labute approximate surface area is 124 Å². The van der Waals surface area contributed by atoms with Gasteiger partial charge in [-0.3, -0.25) is 0 Å². The van der Waals surface area contributed by atoms with Crippen molar-refractivity contribution in [2.45, 2.75) is 0 Å². The molecular formula is C14H8Cl2FN3. The molecule has 3 nitrogen and oxygen atoms in total. The van der Waals surface area contributed by atoms with E-state index < -0.39 is 5.82 Å². The Kier molecular flexibility index (Phi) is 3.42. The van der Waals surface area contributed by atoms with Crippen molar-refractivity contribution in [3.63, 3.8) is 0 Å². The van der Waals surface area contributed by atoms with Crippen LogP contribution in [0, 0.1) is 5.82 Å². The third kappa shape index (κ3) is 2.40. The van der Waals surface area contributed by atoms with Crippen LogP contribution >= 0.6 is 23.2 Å². The molecule has 0 fully saturated rings. The van der Waals surface area contributed by atoms with Crippen molar-refractivity contribution < 1.29 is 4.39 Å². The number of halogens is 3. The van der Waals surface area contributed by atoms with E-state index in [1.807, 2.05) is 12.1 Å². The van der Waals surface area contributed by atoms with E-state index in [9.17, 15) is 4.39 Å². The number of hydrogen-bond donors (Lipinski definition) is 0. The molecule has 1 aromatic carbocycles. The molecule has 0 atom stereocenters. The minimum absolute atomic E-state index is 0.0782. The third-order valence-corrected chi connectivity index (χ3v) is 3.33. The van der Waals surface area contributed by atoms with Crippen molar-refractivity contribution in [1.29, 1.82) is 0 Å². The van der Waals surface area contributed by atoms with E-state index in [-0.39, 0.29) is 5.02 Å². The molecule has 0 bridgehead atoms. The Morgan fingerprint density at radius 2 is 1.85 bits per heavy atom. The molecule has 3 rings (SSSR count). The topological polar surface area (TPSA) is 30.7 Å². The molecule has 3 aromatic rings. The monoisotopic (exact) mass is 307 g/mol. The minimum atomic E-state index is -0.488. The third-order valence-electron chi connectivity index (χ3n) is 2.81. The number of aromatic nitrogens is 3. The van der Waals surface area contributed by atoms with E-state index in [0.717, 1.165) is 11.3 Å². The zero-order valence-corrected chi connectivity index (χ0v) is 11.6. The lowest BCUT2D eigenvalue weighted by Crippen LogP contribution is -1.99. The van der Waals surface area contributed by atoms with Gasteiger partial charge >= 0.3 is 0 Å². The van der Waals surface area contributed by atoms with E-state index in [0.29, 0.717) is 10.8 Å². The number of benzene rings is 1. The smallest absolute Gasteiger partial charge is 0.143 e. The van der Waals surface area contributed by atoms with Gasteiger partial charge in [0.15, 0.2) is 0 Å². The first-order valence-electron chi connectivity index (χ1n) is 5.76. The molecule has 0 aliphatic rings. The first kappa shape index (κ1) is 13.1. The number of hydrogen-bond acceptors (Lipinski definition) is 2. The Balaban J connectivity index is 2.12. The summed E-state index contributed by atoms with van der Waals surface area (Å²) in [5.41, 5.74) is 2.22. The summed E-state index contributed by atoms with van der Waals surface area (Å²) in [7, 11) is 0. The van der Waals surface area contributed by atoms with Crippen LogP contribution in [0.3, 0.4) is 0 Å². The van der Waals surface area contributed by atoms with Gasteiger partial charge in [-0.05, 0) is 30.3 Å². The summed E-state index contributed by atoms with van der Waals surface area (Å²) in [5, 5.41) is 4.67. The molecule has 2 heterocycles. The molecule has 0 saturated heterocycles.